The number of halogens is 1. The summed E-state index contributed by atoms with van der Waals surface area (Å²) in [6.45, 7) is 5.85. The number of hydrogen-bond donors (Lipinski definition) is 2. The molecule has 6 rings (SSSR count). The number of para-hydroxylation sites is 1. The number of allylic oxidation sites excluding steroid dienone is 1. The predicted octanol–water partition coefficient (Wildman–Crippen LogP) is 7.28. The highest BCUT2D eigenvalue weighted by Gasteiger charge is 2.47. The Kier molecular flexibility index (Phi) is 7.75. The molecule has 44 heavy (non-hydrogen) atoms. The van der Waals surface area contributed by atoms with Gasteiger partial charge in [0.1, 0.15) is 35.7 Å². The van der Waals surface area contributed by atoms with Crippen molar-refractivity contribution in [2.45, 2.75) is 46.3 Å². The first kappa shape index (κ1) is 29.9. The number of nitrogens with one attached hydrogen (secondary N) is 1. The van der Waals surface area contributed by atoms with E-state index in [0.29, 0.717) is 12.1 Å². The molecule has 10 heteroatoms. The van der Waals surface area contributed by atoms with Crippen LogP contribution in [0.4, 0.5) is 15.8 Å². The third-order valence-electron chi connectivity index (χ3n) is 8.05. The summed E-state index contributed by atoms with van der Waals surface area (Å²) in [4.78, 5) is 15.7. The van der Waals surface area contributed by atoms with Gasteiger partial charge in [-0.25, -0.2) is 12.8 Å². The van der Waals surface area contributed by atoms with Gasteiger partial charge in [-0.1, -0.05) is 44.2 Å². The minimum atomic E-state index is -4.01. The number of amides is 1. The first-order valence-corrected chi connectivity index (χ1v) is 16.9. The largest absolute Gasteiger partial charge is 0.506 e. The molecule has 2 aliphatic heterocycles. The maximum absolute atomic E-state index is 16.3. The van der Waals surface area contributed by atoms with Gasteiger partial charge in [-0.3, -0.25) is 9.69 Å². The summed E-state index contributed by atoms with van der Waals surface area (Å²) in [7, 11) is -4.01. The fourth-order valence-electron chi connectivity index (χ4n) is 6.08. The van der Waals surface area contributed by atoms with Gasteiger partial charge in [0.15, 0.2) is 9.84 Å². The van der Waals surface area contributed by atoms with E-state index in [-0.39, 0.29) is 52.1 Å². The molecule has 0 bridgehead atoms. The Hall–Kier alpha value is -4.15. The topological polar surface area (TPSA) is 95.9 Å². The highest BCUT2D eigenvalue weighted by Crippen LogP contribution is 2.51. The van der Waals surface area contributed by atoms with E-state index in [1.165, 1.54) is 34.4 Å². The minimum absolute atomic E-state index is 0.0137. The van der Waals surface area contributed by atoms with Crippen molar-refractivity contribution in [1.82, 2.24) is 0 Å². The molecule has 2 N–H and O–H groups in total. The average molecular weight is 633 g/mol. The maximum Gasteiger partial charge on any atom is 0.232 e. The van der Waals surface area contributed by atoms with Crippen molar-refractivity contribution in [3.63, 3.8) is 0 Å². The molecule has 1 aromatic heterocycles. The third kappa shape index (κ3) is 5.71. The number of phenols is 1. The van der Waals surface area contributed by atoms with Crippen molar-refractivity contribution >= 4 is 38.5 Å². The van der Waals surface area contributed by atoms with E-state index in [0.717, 1.165) is 16.7 Å². The Bertz CT molecular complexity index is 1880. The normalized spacial score (nSPS) is 18.5. The summed E-state index contributed by atoms with van der Waals surface area (Å²) in [6, 6.07) is 17.0. The van der Waals surface area contributed by atoms with E-state index in [4.69, 9.17) is 4.74 Å². The summed E-state index contributed by atoms with van der Waals surface area (Å²) in [6.07, 6.45) is 0.255. The van der Waals surface area contributed by atoms with Crippen LogP contribution in [0.5, 0.6) is 11.5 Å². The van der Waals surface area contributed by atoms with E-state index < -0.39 is 33.0 Å². The van der Waals surface area contributed by atoms with Crippen LogP contribution in [0.1, 0.15) is 48.6 Å². The van der Waals surface area contributed by atoms with E-state index in [1.807, 2.05) is 61.9 Å². The number of rotatable bonds is 6. The van der Waals surface area contributed by atoms with E-state index in [1.54, 1.807) is 18.2 Å². The number of ether oxygens (including phenoxy) is 1. The number of carbonyl (C=O) groups excluding carboxylic acids is 1. The molecule has 3 aromatic carbocycles. The Morgan fingerprint density at radius 1 is 1.14 bits per heavy atom. The SMILES string of the molecule is Cc1ccccc1CC(=O)N1c2cccc(O)c2NC2=C([C@@H]1c1ccc(OCc3ccsc3)cc1F)S(=O)(=O)CC(C)(C)C2. The Morgan fingerprint density at radius 2 is 1.93 bits per heavy atom. The molecule has 228 valence electrons. The first-order chi connectivity index (χ1) is 20.9. The number of anilines is 2. The lowest BCUT2D eigenvalue weighted by Crippen LogP contribution is -2.42. The highest BCUT2D eigenvalue weighted by molar-refractivity contribution is 7.95. The third-order valence-corrected chi connectivity index (χ3v) is 11.1. The second-order valence-electron chi connectivity index (χ2n) is 12.1. The smallest absolute Gasteiger partial charge is 0.232 e. The number of benzene rings is 3. The summed E-state index contributed by atoms with van der Waals surface area (Å²) in [5.74, 6) is -1.20. The van der Waals surface area contributed by atoms with Crippen molar-refractivity contribution in [1.29, 1.82) is 0 Å². The number of phenolic OH excluding ortho intramolecular Hbond substituents is 1. The highest BCUT2D eigenvalue weighted by atomic mass is 32.2. The van der Waals surface area contributed by atoms with Crippen LogP contribution in [-0.4, -0.2) is 25.2 Å². The van der Waals surface area contributed by atoms with Gasteiger partial charge < -0.3 is 15.2 Å². The molecule has 0 saturated heterocycles. The van der Waals surface area contributed by atoms with Gasteiger partial charge in [-0.05, 0) is 76.5 Å². The van der Waals surface area contributed by atoms with Gasteiger partial charge in [0.05, 0.1) is 22.8 Å². The van der Waals surface area contributed by atoms with E-state index >= 15 is 4.39 Å². The fourth-order valence-corrected chi connectivity index (χ4v) is 9.09. The van der Waals surface area contributed by atoms with Crippen molar-refractivity contribution in [2.75, 3.05) is 16.0 Å². The lowest BCUT2D eigenvalue weighted by Gasteiger charge is -2.37. The Labute approximate surface area is 260 Å². The molecule has 2 aliphatic rings. The van der Waals surface area contributed by atoms with Crippen LogP contribution in [0.15, 0.2) is 88.1 Å². The van der Waals surface area contributed by atoms with Crippen molar-refractivity contribution < 1.29 is 27.4 Å². The molecule has 0 saturated carbocycles. The molecule has 4 aromatic rings. The van der Waals surface area contributed by atoms with Crippen LogP contribution in [0.3, 0.4) is 0 Å². The van der Waals surface area contributed by atoms with Crippen LogP contribution in [-0.2, 0) is 27.7 Å². The summed E-state index contributed by atoms with van der Waals surface area (Å²) in [5, 5.41) is 18.0. The molecule has 1 atom stereocenters. The van der Waals surface area contributed by atoms with Gasteiger partial charge >= 0.3 is 0 Å². The number of fused-ring (bicyclic) bond motifs is 1. The Morgan fingerprint density at radius 3 is 2.66 bits per heavy atom. The van der Waals surface area contributed by atoms with E-state index in [9.17, 15) is 18.3 Å². The number of aromatic hydroxyl groups is 1. The maximum atomic E-state index is 16.3. The molecule has 0 radical (unpaired) electrons. The predicted molar refractivity (Wildman–Crippen MR) is 171 cm³/mol. The van der Waals surface area contributed by atoms with Crippen LogP contribution in [0, 0.1) is 18.2 Å². The molecule has 0 spiro atoms. The molecule has 0 unspecified atom stereocenters. The number of sulfone groups is 1. The fraction of sp³-hybridized carbons (Fsp3) is 0.265. The second kappa shape index (κ2) is 11.4. The minimum Gasteiger partial charge on any atom is -0.506 e. The monoisotopic (exact) mass is 632 g/mol. The standard InChI is InChI=1S/C34H33FN2O5S2/c1-21-7-4-5-8-23(21)15-30(39)37-28-9-6-10-29(38)31(28)36-27-17-34(2,3)20-44(40,41)33(27)32(37)25-12-11-24(16-26(25)35)42-18-22-13-14-43-19-22/h4-14,16,19,32,36,38H,15,17-18,20H2,1-3H3/t32-/m0/s1. The zero-order chi connectivity index (χ0) is 31.2. The molecule has 7 nitrogen and oxygen atoms in total. The molecular formula is C34H33FN2O5S2. The lowest BCUT2D eigenvalue weighted by atomic mass is 9.88. The lowest BCUT2D eigenvalue weighted by molar-refractivity contribution is -0.118. The number of hydrogen-bond acceptors (Lipinski definition) is 7. The van der Waals surface area contributed by atoms with Gasteiger partial charge in [-0.15, -0.1) is 0 Å². The summed E-state index contributed by atoms with van der Waals surface area (Å²) >= 11 is 1.53. The van der Waals surface area contributed by atoms with Crippen LogP contribution in [0.2, 0.25) is 0 Å². The van der Waals surface area contributed by atoms with Crippen LogP contribution < -0.4 is 15.0 Å². The number of carbonyl (C=O) groups is 1. The second-order valence-corrected chi connectivity index (χ2v) is 14.9. The van der Waals surface area contributed by atoms with Crippen LogP contribution >= 0.6 is 11.3 Å². The zero-order valence-corrected chi connectivity index (χ0v) is 26.3. The molecular weight excluding hydrogens is 600 g/mol. The van der Waals surface area contributed by atoms with Gasteiger partial charge in [-0.2, -0.15) is 11.3 Å². The first-order valence-electron chi connectivity index (χ1n) is 14.3. The van der Waals surface area contributed by atoms with Crippen molar-refractivity contribution in [2.24, 2.45) is 5.41 Å². The van der Waals surface area contributed by atoms with Crippen molar-refractivity contribution in [3.05, 3.63) is 116 Å². The molecule has 0 aliphatic carbocycles. The summed E-state index contributed by atoms with van der Waals surface area (Å²) in [5.41, 5.74) is 2.76. The number of thiophene rings is 1. The zero-order valence-electron chi connectivity index (χ0n) is 24.6. The van der Waals surface area contributed by atoms with Gasteiger partial charge in [0.2, 0.25) is 5.91 Å². The molecule has 1 amide bonds. The molecule has 0 fully saturated rings. The number of nitrogens with zero attached hydrogens (tertiary/aromatic N) is 1. The quantitative estimate of drug-likeness (QED) is 0.217. The Balaban J connectivity index is 1.54. The molecule has 3 heterocycles. The summed E-state index contributed by atoms with van der Waals surface area (Å²) < 4.78 is 50.4. The van der Waals surface area contributed by atoms with Gasteiger partial charge in [0, 0.05) is 17.3 Å². The number of aryl methyl sites for hydroxylation is 1. The van der Waals surface area contributed by atoms with E-state index in [2.05, 4.69) is 5.32 Å². The van der Waals surface area contributed by atoms with Crippen molar-refractivity contribution in [3.8, 4) is 11.5 Å². The average Bonchev–Trinajstić information content (AvgIpc) is 3.42. The van der Waals surface area contributed by atoms with Gasteiger partial charge in [0.25, 0.3) is 0 Å². The van der Waals surface area contributed by atoms with Crippen LogP contribution in [0.25, 0.3) is 0 Å².